The molecule has 8 heavy (non-hydrogen) atoms. The lowest BCUT2D eigenvalue weighted by molar-refractivity contribution is -0.124. The third-order valence-corrected chi connectivity index (χ3v) is 1.14. The summed E-state index contributed by atoms with van der Waals surface area (Å²) in [5.74, 6) is 0.197. The van der Waals surface area contributed by atoms with E-state index in [1.165, 1.54) is 0 Å². The molecule has 0 N–H and O–H groups in total. The minimum atomic E-state index is -0.0347. The topological polar surface area (TPSA) is 65.8 Å². The summed E-state index contributed by atoms with van der Waals surface area (Å²) < 4.78 is 0. The lowest BCUT2D eigenvalue weighted by atomic mass is 9.92. The van der Waals surface area contributed by atoms with Crippen molar-refractivity contribution in [1.82, 2.24) is 0 Å². The Kier molecular flexibility index (Phi) is 1.18. The molecule has 1 rings (SSSR count). The lowest BCUT2D eigenvalue weighted by Crippen LogP contribution is -2.25. The summed E-state index contributed by atoms with van der Waals surface area (Å²) in [5.41, 5.74) is 7.83. The molecule has 0 aromatic heterocycles. The predicted molar refractivity (Wildman–Crippen MR) is 27.2 cm³/mol. The number of carbonyl (C=O) groups excluding carboxylic acids is 1. The highest BCUT2D eigenvalue weighted by Crippen LogP contribution is 2.17. The highest BCUT2D eigenvalue weighted by Gasteiger charge is 2.24. The first-order valence-electron chi connectivity index (χ1n) is 2.39. The van der Waals surface area contributed by atoms with Crippen molar-refractivity contribution >= 4 is 5.78 Å². The second kappa shape index (κ2) is 1.84. The van der Waals surface area contributed by atoms with Gasteiger partial charge in [0.15, 0.2) is 0 Å². The van der Waals surface area contributed by atoms with Gasteiger partial charge in [0.05, 0.1) is 6.04 Å². The molecule has 1 aliphatic rings. The van der Waals surface area contributed by atoms with Gasteiger partial charge in [-0.3, -0.25) is 4.79 Å². The highest BCUT2D eigenvalue weighted by atomic mass is 16.1. The molecule has 0 bridgehead atoms. The number of hydrogen-bond donors (Lipinski definition) is 0. The van der Waals surface area contributed by atoms with Crippen molar-refractivity contribution in [2.75, 3.05) is 0 Å². The maximum atomic E-state index is 10.2. The van der Waals surface area contributed by atoms with E-state index >= 15 is 0 Å². The van der Waals surface area contributed by atoms with E-state index in [1.807, 2.05) is 0 Å². The first-order valence-corrected chi connectivity index (χ1v) is 2.39. The zero-order chi connectivity index (χ0) is 5.98. The second-order valence-corrected chi connectivity index (χ2v) is 1.81. The van der Waals surface area contributed by atoms with Crippen molar-refractivity contribution in [3.05, 3.63) is 10.4 Å². The summed E-state index contributed by atoms with van der Waals surface area (Å²) in [7, 11) is 0. The van der Waals surface area contributed by atoms with Crippen LogP contribution in [-0.4, -0.2) is 11.8 Å². The normalized spacial score (nSPS) is 19.2. The van der Waals surface area contributed by atoms with Gasteiger partial charge in [0, 0.05) is 17.8 Å². The van der Waals surface area contributed by atoms with E-state index in [1.54, 1.807) is 0 Å². The SMILES string of the molecule is [N-]=[N+]=NC1CC(=O)C1. The Morgan fingerprint density at radius 2 is 2.38 bits per heavy atom. The van der Waals surface area contributed by atoms with Crippen LogP contribution in [0.4, 0.5) is 0 Å². The van der Waals surface area contributed by atoms with Gasteiger partial charge in [-0.15, -0.1) is 0 Å². The van der Waals surface area contributed by atoms with Crippen molar-refractivity contribution in [3.63, 3.8) is 0 Å². The van der Waals surface area contributed by atoms with E-state index in [0.29, 0.717) is 12.8 Å². The predicted octanol–water partition coefficient (Wildman–Crippen LogP) is 1.03. The van der Waals surface area contributed by atoms with Crippen LogP contribution in [0.15, 0.2) is 5.11 Å². The number of hydrogen-bond acceptors (Lipinski definition) is 2. The van der Waals surface area contributed by atoms with Gasteiger partial charge < -0.3 is 0 Å². The van der Waals surface area contributed by atoms with E-state index in [0.717, 1.165) is 0 Å². The Morgan fingerprint density at radius 1 is 1.75 bits per heavy atom. The number of ketones is 1. The zero-order valence-corrected chi connectivity index (χ0v) is 4.24. The third-order valence-electron chi connectivity index (χ3n) is 1.14. The number of rotatable bonds is 1. The van der Waals surface area contributed by atoms with E-state index < -0.39 is 0 Å². The number of carbonyl (C=O) groups is 1. The maximum Gasteiger partial charge on any atom is 0.133 e. The molecule has 4 heteroatoms. The maximum absolute atomic E-state index is 10.2. The number of nitrogens with zero attached hydrogens (tertiary/aromatic N) is 3. The summed E-state index contributed by atoms with van der Waals surface area (Å²) in [6.45, 7) is 0. The van der Waals surface area contributed by atoms with Gasteiger partial charge in [-0.1, -0.05) is 5.11 Å². The molecule has 1 saturated carbocycles. The smallest absolute Gasteiger partial charge is 0.133 e. The van der Waals surface area contributed by atoms with Crippen LogP contribution in [0.5, 0.6) is 0 Å². The molecule has 0 heterocycles. The first kappa shape index (κ1) is 5.12. The average Bonchev–Trinajstić information content (AvgIpc) is 1.64. The van der Waals surface area contributed by atoms with Gasteiger partial charge in [-0.05, 0) is 5.53 Å². The summed E-state index contributed by atoms with van der Waals surface area (Å²) in [6, 6.07) is -0.0347. The third kappa shape index (κ3) is 0.792. The van der Waals surface area contributed by atoms with E-state index in [2.05, 4.69) is 10.0 Å². The van der Waals surface area contributed by atoms with Gasteiger partial charge in [0.2, 0.25) is 0 Å². The Bertz CT molecular complexity index is 151. The molecule has 0 amide bonds. The molecule has 0 aromatic carbocycles. The van der Waals surface area contributed by atoms with Gasteiger partial charge >= 0.3 is 0 Å². The Hall–Kier alpha value is -1.02. The summed E-state index contributed by atoms with van der Waals surface area (Å²) >= 11 is 0. The van der Waals surface area contributed by atoms with E-state index in [9.17, 15) is 4.79 Å². The first-order chi connectivity index (χ1) is 3.83. The lowest BCUT2D eigenvalue weighted by Gasteiger charge is -2.17. The molecule has 0 aromatic rings. The zero-order valence-electron chi connectivity index (χ0n) is 4.24. The molecule has 0 unspecified atom stereocenters. The molecular weight excluding hydrogens is 106 g/mol. The van der Waals surface area contributed by atoms with Crippen LogP contribution in [0.25, 0.3) is 10.4 Å². The van der Waals surface area contributed by atoms with Crippen LogP contribution >= 0.6 is 0 Å². The van der Waals surface area contributed by atoms with Crippen LogP contribution in [-0.2, 0) is 4.79 Å². The van der Waals surface area contributed by atoms with Crippen LogP contribution < -0.4 is 0 Å². The van der Waals surface area contributed by atoms with Crippen LogP contribution in [0.1, 0.15) is 12.8 Å². The largest absolute Gasteiger partial charge is 0.300 e. The minimum absolute atomic E-state index is 0.0347. The molecule has 0 atom stereocenters. The molecule has 0 radical (unpaired) electrons. The standard InChI is InChI=1S/C4H5N3O/c5-7-6-3-1-4(8)2-3/h3H,1-2H2. The van der Waals surface area contributed by atoms with Gasteiger partial charge in [0.1, 0.15) is 5.78 Å². The molecule has 1 aliphatic carbocycles. The van der Waals surface area contributed by atoms with Crippen molar-refractivity contribution < 1.29 is 4.79 Å². The van der Waals surface area contributed by atoms with Gasteiger partial charge in [0.25, 0.3) is 0 Å². The fraction of sp³-hybridized carbons (Fsp3) is 0.750. The Balaban J connectivity index is 2.35. The van der Waals surface area contributed by atoms with Crippen molar-refractivity contribution in [2.24, 2.45) is 5.11 Å². The highest BCUT2D eigenvalue weighted by molar-refractivity contribution is 5.85. The van der Waals surface area contributed by atoms with E-state index in [4.69, 9.17) is 5.53 Å². The summed E-state index contributed by atoms with van der Waals surface area (Å²) in [4.78, 5) is 12.8. The summed E-state index contributed by atoms with van der Waals surface area (Å²) in [6.07, 6.45) is 0.897. The quantitative estimate of drug-likeness (QED) is 0.283. The van der Waals surface area contributed by atoms with E-state index in [-0.39, 0.29) is 11.8 Å². The molecule has 0 aliphatic heterocycles. The van der Waals surface area contributed by atoms with Crippen molar-refractivity contribution in [2.45, 2.75) is 18.9 Å². The van der Waals surface area contributed by atoms with Crippen molar-refractivity contribution in [1.29, 1.82) is 0 Å². The second-order valence-electron chi connectivity index (χ2n) is 1.81. The molecule has 0 spiro atoms. The number of azide groups is 1. The average molecular weight is 111 g/mol. The molecule has 0 saturated heterocycles. The molecule has 1 fully saturated rings. The fourth-order valence-electron chi connectivity index (χ4n) is 0.621. The van der Waals surface area contributed by atoms with Crippen LogP contribution in [0.2, 0.25) is 0 Å². The molecular formula is C4H5N3O. The molecule has 42 valence electrons. The van der Waals surface area contributed by atoms with Gasteiger partial charge in [-0.25, -0.2) is 0 Å². The van der Waals surface area contributed by atoms with Crippen LogP contribution in [0.3, 0.4) is 0 Å². The Morgan fingerprint density at radius 3 is 2.75 bits per heavy atom. The fourth-order valence-corrected chi connectivity index (χ4v) is 0.621. The Labute approximate surface area is 46.1 Å². The van der Waals surface area contributed by atoms with Gasteiger partial charge in [-0.2, -0.15) is 0 Å². The minimum Gasteiger partial charge on any atom is -0.300 e. The number of Topliss-reactive ketones (excluding diaryl/α,β-unsaturated/α-hetero) is 1. The van der Waals surface area contributed by atoms with Crippen molar-refractivity contribution in [3.8, 4) is 0 Å². The molecule has 4 nitrogen and oxygen atoms in total. The van der Waals surface area contributed by atoms with Crippen LogP contribution in [0, 0.1) is 0 Å². The monoisotopic (exact) mass is 111 g/mol. The summed E-state index contributed by atoms with van der Waals surface area (Å²) in [5, 5.41) is 3.34.